The van der Waals surface area contributed by atoms with Gasteiger partial charge in [0.05, 0.1) is 13.7 Å². The molecule has 8 heteroatoms. The second-order valence-electron chi connectivity index (χ2n) is 4.16. The number of hydrogen-bond acceptors (Lipinski definition) is 5. The maximum absolute atomic E-state index is 11.2. The van der Waals surface area contributed by atoms with E-state index in [1.165, 1.54) is 14.2 Å². The Kier molecular flexibility index (Phi) is 3.83. The predicted molar refractivity (Wildman–Crippen MR) is 68.6 cm³/mol. The lowest BCUT2D eigenvalue weighted by Gasteiger charge is -2.29. The Morgan fingerprint density at radius 3 is 2.89 bits per heavy atom. The standard InChI is InChI=1S/C11H16N2O5S/c1-13(19(12,14)15)6-8-7-17-10-5-3-4-9(16-2)11(10)18-8/h3-5,8H,6-7H2,1-2H3,(H2,12,14,15). The van der Waals surface area contributed by atoms with Gasteiger partial charge in [-0.2, -0.15) is 12.7 Å². The molecule has 0 radical (unpaired) electrons. The van der Waals surface area contributed by atoms with E-state index in [0.29, 0.717) is 17.2 Å². The monoisotopic (exact) mass is 288 g/mol. The number of para-hydroxylation sites is 1. The van der Waals surface area contributed by atoms with Crippen LogP contribution in [0, 0.1) is 0 Å². The van der Waals surface area contributed by atoms with Crippen molar-refractivity contribution in [2.45, 2.75) is 6.10 Å². The van der Waals surface area contributed by atoms with Gasteiger partial charge in [-0.3, -0.25) is 0 Å². The van der Waals surface area contributed by atoms with Crippen LogP contribution in [0.15, 0.2) is 18.2 Å². The highest BCUT2D eigenvalue weighted by Gasteiger charge is 2.27. The Labute approximate surface area is 112 Å². The fraction of sp³-hybridized carbons (Fsp3) is 0.455. The fourth-order valence-electron chi connectivity index (χ4n) is 1.75. The van der Waals surface area contributed by atoms with Crippen molar-refractivity contribution in [3.8, 4) is 17.2 Å². The number of nitrogens with two attached hydrogens (primary N) is 1. The summed E-state index contributed by atoms with van der Waals surface area (Å²) in [6, 6.07) is 5.29. The average molecular weight is 288 g/mol. The van der Waals surface area contributed by atoms with Gasteiger partial charge in [-0.05, 0) is 12.1 Å². The number of likely N-dealkylation sites (N-methyl/N-ethyl adjacent to an activating group) is 1. The normalized spacial score (nSPS) is 18.4. The minimum absolute atomic E-state index is 0.107. The molecule has 1 aromatic rings. The summed E-state index contributed by atoms with van der Waals surface area (Å²) in [6.07, 6.45) is -0.438. The van der Waals surface area contributed by atoms with Crippen molar-refractivity contribution in [3.05, 3.63) is 18.2 Å². The van der Waals surface area contributed by atoms with E-state index in [-0.39, 0.29) is 13.2 Å². The summed E-state index contributed by atoms with van der Waals surface area (Å²) in [5.41, 5.74) is 0. The Balaban J connectivity index is 2.14. The summed E-state index contributed by atoms with van der Waals surface area (Å²) in [4.78, 5) is 0. The molecule has 1 aliphatic rings. The molecule has 0 bridgehead atoms. The third-order valence-corrected chi connectivity index (χ3v) is 3.79. The highest BCUT2D eigenvalue weighted by molar-refractivity contribution is 7.86. The lowest BCUT2D eigenvalue weighted by atomic mass is 10.2. The van der Waals surface area contributed by atoms with Gasteiger partial charge in [0, 0.05) is 7.05 Å². The number of benzene rings is 1. The summed E-state index contributed by atoms with van der Waals surface area (Å²) in [5.74, 6) is 1.60. The highest BCUT2D eigenvalue weighted by Crippen LogP contribution is 2.40. The minimum Gasteiger partial charge on any atom is -0.493 e. The zero-order valence-electron chi connectivity index (χ0n) is 10.7. The van der Waals surface area contributed by atoms with Gasteiger partial charge in [-0.25, -0.2) is 5.14 Å². The smallest absolute Gasteiger partial charge is 0.276 e. The van der Waals surface area contributed by atoms with Gasteiger partial charge in [0.25, 0.3) is 10.2 Å². The highest BCUT2D eigenvalue weighted by atomic mass is 32.2. The molecule has 2 rings (SSSR count). The Bertz CT molecular complexity index is 546. The molecule has 1 heterocycles. The van der Waals surface area contributed by atoms with E-state index in [0.717, 1.165) is 4.31 Å². The molecule has 0 fully saturated rings. The van der Waals surface area contributed by atoms with Crippen molar-refractivity contribution < 1.29 is 22.6 Å². The molecule has 19 heavy (non-hydrogen) atoms. The third-order valence-electron chi connectivity index (χ3n) is 2.77. The molecule has 0 aromatic heterocycles. The predicted octanol–water partition coefficient (Wildman–Crippen LogP) is -0.0297. The first kappa shape index (κ1) is 13.9. The molecule has 0 amide bonds. The average Bonchev–Trinajstić information content (AvgIpc) is 2.36. The van der Waals surface area contributed by atoms with Crippen LogP contribution in [0.5, 0.6) is 17.2 Å². The first-order valence-electron chi connectivity index (χ1n) is 5.62. The molecule has 0 aliphatic carbocycles. The van der Waals surface area contributed by atoms with Crippen LogP contribution in [-0.2, 0) is 10.2 Å². The van der Waals surface area contributed by atoms with Gasteiger partial charge in [0.1, 0.15) is 12.7 Å². The molecule has 106 valence electrons. The quantitative estimate of drug-likeness (QED) is 0.840. The minimum atomic E-state index is -3.73. The maximum atomic E-state index is 11.2. The molecule has 1 aromatic carbocycles. The number of rotatable bonds is 4. The van der Waals surface area contributed by atoms with Crippen molar-refractivity contribution in [2.75, 3.05) is 27.3 Å². The molecule has 0 saturated carbocycles. The van der Waals surface area contributed by atoms with E-state index in [9.17, 15) is 8.42 Å². The number of ether oxygens (including phenoxy) is 3. The summed E-state index contributed by atoms with van der Waals surface area (Å²) in [7, 11) is -0.817. The number of methoxy groups -OCH3 is 1. The van der Waals surface area contributed by atoms with Crippen molar-refractivity contribution in [3.63, 3.8) is 0 Å². The van der Waals surface area contributed by atoms with Crippen LogP contribution in [0.1, 0.15) is 0 Å². The van der Waals surface area contributed by atoms with Crippen molar-refractivity contribution in [1.29, 1.82) is 0 Å². The Morgan fingerprint density at radius 1 is 1.53 bits per heavy atom. The molecule has 1 aliphatic heterocycles. The third kappa shape index (κ3) is 3.09. The van der Waals surface area contributed by atoms with Gasteiger partial charge < -0.3 is 14.2 Å². The fourth-order valence-corrected chi connectivity index (χ4v) is 2.12. The van der Waals surface area contributed by atoms with Gasteiger partial charge in [-0.1, -0.05) is 6.07 Å². The topological polar surface area (TPSA) is 91.1 Å². The van der Waals surface area contributed by atoms with E-state index >= 15 is 0 Å². The zero-order chi connectivity index (χ0) is 14.0. The molecule has 1 atom stereocenters. The summed E-state index contributed by atoms with van der Waals surface area (Å²) < 4.78 is 39.7. The van der Waals surface area contributed by atoms with E-state index in [2.05, 4.69) is 0 Å². The van der Waals surface area contributed by atoms with Crippen molar-refractivity contribution in [1.82, 2.24) is 4.31 Å². The largest absolute Gasteiger partial charge is 0.493 e. The zero-order valence-corrected chi connectivity index (χ0v) is 11.5. The molecule has 1 unspecified atom stereocenters. The van der Waals surface area contributed by atoms with E-state index < -0.39 is 16.3 Å². The summed E-state index contributed by atoms with van der Waals surface area (Å²) >= 11 is 0. The molecule has 2 N–H and O–H groups in total. The van der Waals surface area contributed by atoms with Crippen LogP contribution in [0.2, 0.25) is 0 Å². The summed E-state index contributed by atoms with van der Waals surface area (Å²) in [6.45, 7) is 0.357. The van der Waals surface area contributed by atoms with E-state index in [1.807, 2.05) is 0 Å². The lowest BCUT2D eigenvalue weighted by Crippen LogP contribution is -2.44. The second-order valence-corrected chi connectivity index (χ2v) is 5.82. The van der Waals surface area contributed by atoms with E-state index in [4.69, 9.17) is 19.3 Å². The van der Waals surface area contributed by atoms with Crippen LogP contribution >= 0.6 is 0 Å². The van der Waals surface area contributed by atoms with Gasteiger partial charge in [0.15, 0.2) is 11.5 Å². The van der Waals surface area contributed by atoms with Crippen molar-refractivity contribution >= 4 is 10.2 Å². The molecular formula is C11H16N2O5S. The number of fused-ring (bicyclic) bond motifs is 1. The van der Waals surface area contributed by atoms with Gasteiger partial charge in [0.2, 0.25) is 5.75 Å². The first-order valence-corrected chi connectivity index (χ1v) is 7.12. The van der Waals surface area contributed by atoms with Gasteiger partial charge >= 0.3 is 0 Å². The molecule has 7 nitrogen and oxygen atoms in total. The number of nitrogens with zero attached hydrogens (tertiary/aromatic N) is 1. The molecular weight excluding hydrogens is 272 g/mol. The van der Waals surface area contributed by atoms with Crippen LogP contribution in [0.4, 0.5) is 0 Å². The van der Waals surface area contributed by atoms with Crippen molar-refractivity contribution in [2.24, 2.45) is 5.14 Å². The second kappa shape index (κ2) is 5.24. The number of hydrogen-bond donors (Lipinski definition) is 1. The molecule has 0 spiro atoms. The summed E-state index contributed by atoms with van der Waals surface area (Å²) in [5, 5.41) is 5.02. The lowest BCUT2D eigenvalue weighted by molar-refractivity contribution is 0.0762. The maximum Gasteiger partial charge on any atom is 0.276 e. The first-order chi connectivity index (χ1) is 8.91. The van der Waals surface area contributed by atoms with Crippen LogP contribution in [-0.4, -0.2) is 46.1 Å². The Morgan fingerprint density at radius 2 is 2.26 bits per heavy atom. The molecule has 0 saturated heterocycles. The van der Waals surface area contributed by atoms with Gasteiger partial charge in [-0.15, -0.1) is 0 Å². The van der Waals surface area contributed by atoms with E-state index in [1.54, 1.807) is 18.2 Å². The van der Waals surface area contributed by atoms with Crippen LogP contribution < -0.4 is 19.3 Å². The Hall–Kier alpha value is -1.51. The van der Waals surface area contributed by atoms with Crippen LogP contribution in [0.25, 0.3) is 0 Å². The SMILES string of the molecule is COc1cccc2c1OC(CN(C)S(N)(=O)=O)CO2. The van der Waals surface area contributed by atoms with Crippen LogP contribution in [0.3, 0.4) is 0 Å².